The molecule has 1 aromatic heterocycles. The molecule has 0 spiro atoms. The van der Waals surface area contributed by atoms with Crippen LogP contribution in [-0.2, 0) is 11.8 Å². The fourth-order valence-electron chi connectivity index (χ4n) is 2.39. The summed E-state index contributed by atoms with van der Waals surface area (Å²) in [5.74, 6) is -0.577. The van der Waals surface area contributed by atoms with E-state index in [9.17, 15) is 9.59 Å². The molecule has 3 rings (SSSR count). The molecule has 6 nitrogen and oxygen atoms in total. The molecule has 0 saturated carbocycles. The van der Waals surface area contributed by atoms with Crippen LogP contribution in [0.1, 0.15) is 17.3 Å². The molecule has 0 aliphatic rings. The second-order valence-electron chi connectivity index (χ2n) is 5.61. The molecule has 1 heterocycles. The van der Waals surface area contributed by atoms with E-state index in [-0.39, 0.29) is 11.8 Å². The van der Waals surface area contributed by atoms with Gasteiger partial charge in [0.2, 0.25) is 5.91 Å². The summed E-state index contributed by atoms with van der Waals surface area (Å²) in [6.07, 6.45) is 1.70. The molecule has 122 valence electrons. The molecule has 2 amide bonds. The number of nitrogens with zero attached hydrogens (tertiary/aromatic N) is 2. The van der Waals surface area contributed by atoms with Gasteiger partial charge in [-0.15, -0.1) is 0 Å². The lowest BCUT2D eigenvalue weighted by Gasteiger charge is -2.14. The zero-order valence-corrected chi connectivity index (χ0v) is 13.5. The van der Waals surface area contributed by atoms with Gasteiger partial charge in [-0.05, 0) is 37.3 Å². The van der Waals surface area contributed by atoms with E-state index in [4.69, 9.17) is 0 Å². The maximum absolute atomic E-state index is 12.3. The number of hydrogen-bond donors (Lipinski definition) is 2. The Hall–Kier alpha value is -3.15. The van der Waals surface area contributed by atoms with Crippen LogP contribution in [0.2, 0.25) is 0 Å². The lowest BCUT2D eigenvalue weighted by atomic mass is 10.1. The van der Waals surface area contributed by atoms with Crippen LogP contribution < -0.4 is 10.6 Å². The highest BCUT2D eigenvalue weighted by Gasteiger charge is 2.17. The van der Waals surface area contributed by atoms with Gasteiger partial charge in [0.25, 0.3) is 5.91 Å². The number of amides is 2. The molecule has 1 unspecified atom stereocenters. The number of anilines is 1. The molecule has 0 aliphatic carbocycles. The molecule has 2 N–H and O–H groups in total. The maximum Gasteiger partial charge on any atom is 0.251 e. The molecule has 0 fully saturated rings. The van der Waals surface area contributed by atoms with Crippen molar-refractivity contribution in [2.45, 2.75) is 13.0 Å². The SMILES string of the molecule is CC(NC(=O)c1ccc2c(c1)ncn2C)C(=O)Nc1ccccc1. The molecule has 2 aromatic carbocycles. The van der Waals surface area contributed by atoms with Crippen LogP contribution in [0.3, 0.4) is 0 Å². The van der Waals surface area contributed by atoms with Crippen LogP contribution in [-0.4, -0.2) is 27.4 Å². The summed E-state index contributed by atoms with van der Waals surface area (Å²) in [4.78, 5) is 28.7. The quantitative estimate of drug-likeness (QED) is 0.774. The molecular formula is C18H18N4O2. The Kier molecular flexibility index (Phi) is 4.29. The standard InChI is InChI=1S/C18H18N4O2/c1-12(17(23)21-14-6-4-3-5-7-14)20-18(24)13-8-9-16-15(10-13)19-11-22(16)2/h3-12H,1-2H3,(H,20,24)(H,21,23). The van der Waals surface area contributed by atoms with Crippen LogP contribution in [0.4, 0.5) is 5.69 Å². The first-order valence-corrected chi connectivity index (χ1v) is 7.62. The minimum Gasteiger partial charge on any atom is -0.341 e. The Bertz CT molecular complexity index is 886. The summed E-state index contributed by atoms with van der Waals surface area (Å²) in [6.45, 7) is 1.65. The maximum atomic E-state index is 12.3. The lowest BCUT2D eigenvalue weighted by Crippen LogP contribution is -2.41. The number of aromatic nitrogens is 2. The molecule has 0 radical (unpaired) electrons. The van der Waals surface area contributed by atoms with Crippen LogP contribution in [0.25, 0.3) is 11.0 Å². The van der Waals surface area contributed by atoms with Gasteiger partial charge >= 0.3 is 0 Å². The van der Waals surface area contributed by atoms with Crippen molar-refractivity contribution in [2.24, 2.45) is 7.05 Å². The van der Waals surface area contributed by atoms with Crippen molar-refractivity contribution in [3.05, 3.63) is 60.4 Å². The summed E-state index contributed by atoms with van der Waals surface area (Å²) in [6, 6.07) is 13.7. The third-order valence-electron chi connectivity index (χ3n) is 3.77. The molecule has 0 aliphatic heterocycles. The highest BCUT2D eigenvalue weighted by atomic mass is 16.2. The van der Waals surface area contributed by atoms with Crippen molar-refractivity contribution in [1.82, 2.24) is 14.9 Å². The Morgan fingerprint density at radius 3 is 2.62 bits per heavy atom. The average molecular weight is 322 g/mol. The largest absolute Gasteiger partial charge is 0.341 e. The van der Waals surface area contributed by atoms with E-state index in [1.807, 2.05) is 35.9 Å². The third kappa shape index (κ3) is 3.27. The van der Waals surface area contributed by atoms with E-state index in [0.717, 1.165) is 11.0 Å². The first-order valence-electron chi connectivity index (χ1n) is 7.62. The fourth-order valence-corrected chi connectivity index (χ4v) is 2.39. The van der Waals surface area contributed by atoms with Gasteiger partial charge < -0.3 is 15.2 Å². The highest BCUT2D eigenvalue weighted by molar-refractivity contribution is 6.02. The first-order chi connectivity index (χ1) is 11.5. The van der Waals surface area contributed by atoms with E-state index >= 15 is 0 Å². The number of hydrogen-bond acceptors (Lipinski definition) is 3. The van der Waals surface area contributed by atoms with Gasteiger partial charge in [0, 0.05) is 18.3 Å². The van der Waals surface area contributed by atoms with Crippen molar-refractivity contribution in [1.29, 1.82) is 0 Å². The average Bonchev–Trinajstić information content (AvgIpc) is 2.96. The molecule has 3 aromatic rings. The van der Waals surface area contributed by atoms with Gasteiger partial charge in [-0.3, -0.25) is 9.59 Å². The number of para-hydroxylation sites is 1. The van der Waals surface area contributed by atoms with E-state index in [0.29, 0.717) is 11.3 Å². The Balaban J connectivity index is 1.67. The normalized spacial score (nSPS) is 11.9. The number of benzene rings is 2. The number of fused-ring (bicyclic) bond motifs is 1. The van der Waals surface area contributed by atoms with Gasteiger partial charge in [-0.1, -0.05) is 18.2 Å². The van der Waals surface area contributed by atoms with Gasteiger partial charge in [0.15, 0.2) is 0 Å². The lowest BCUT2D eigenvalue weighted by molar-refractivity contribution is -0.117. The molecular weight excluding hydrogens is 304 g/mol. The number of aryl methyl sites for hydroxylation is 1. The number of imidazole rings is 1. The third-order valence-corrected chi connectivity index (χ3v) is 3.77. The van der Waals surface area contributed by atoms with Gasteiger partial charge in [0.05, 0.1) is 17.4 Å². The Morgan fingerprint density at radius 1 is 1.12 bits per heavy atom. The van der Waals surface area contributed by atoms with Gasteiger partial charge in [-0.2, -0.15) is 0 Å². The van der Waals surface area contributed by atoms with Crippen molar-refractivity contribution in [3.63, 3.8) is 0 Å². The molecule has 6 heteroatoms. The van der Waals surface area contributed by atoms with Crippen molar-refractivity contribution in [2.75, 3.05) is 5.32 Å². The van der Waals surface area contributed by atoms with Crippen molar-refractivity contribution < 1.29 is 9.59 Å². The summed E-state index contributed by atoms with van der Waals surface area (Å²) < 4.78 is 1.88. The van der Waals surface area contributed by atoms with E-state index in [1.165, 1.54) is 0 Å². The van der Waals surface area contributed by atoms with E-state index in [1.54, 1.807) is 37.5 Å². The molecule has 24 heavy (non-hydrogen) atoms. The second-order valence-corrected chi connectivity index (χ2v) is 5.61. The first kappa shape index (κ1) is 15.7. The van der Waals surface area contributed by atoms with E-state index in [2.05, 4.69) is 15.6 Å². The van der Waals surface area contributed by atoms with Gasteiger partial charge in [0.1, 0.15) is 6.04 Å². The minimum absolute atomic E-state index is 0.270. The topological polar surface area (TPSA) is 76.0 Å². The predicted molar refractivity (Wildman–Crippen MR) is 92.7 cm³/mol. The number of carbonyl (C=O) groups excluding carboxylic acids is 2. The van der Waals surface area contributed by atoms with Crippen molar-refractivity contribution >= 4 is 28.5 Å². The summed E-state index contributed by atoms with van der Waals surface area (Å²) in [5.41, 5.74) is 2.85. The molecule has 0 bridgehead atoms. The smallest absolute Gasteiger partial charge is 0.251 e. The van der Waals surface area contributed by atoms with Crippen molar-refractivity contribution in [3.8, 4) is 0 Å². The number of rotatable bonds is 4. The predicted octanol–water partition coefficient (Wildman–Crippen LogP) is 2.33. The van der Waals surface area contributed by atoms with Gasteiger partial charge in [-0.25, -0.2) is 4.98 Å². The number of nitrogens with one attached hydrogen (secondary N) is 2. The number of carbonyl (C=O) groups is 2. The van der Waals surface area contributed by atoms with Crippen LogP contribution in [0.5, 0.6) is 0 Å². The van der Waals surface area contributed by atoms with Crippen LogP contribution in [0, 0.1) is 0 Å². The Labute approximate surface area is 139 Å². The fraction of sp³-hybridized carbons (Fsp3) is 0.167. The summed E-state index contributed by atoms with van der Waals surface area (Å²) in [7, 11) is 1.89. The van der Waals surface area contributed by atoms with Crippen LogP contribution >= 0.6 is 0 Å². The summed E-state index contributed by atoms with van der Waals surface area (Å²) in [5, 5.41) is 5.46. The molecule has 0 saturated heterocycles. The van der Waals surface area contributed by atoms with E-state index < -0.39 is 6.04 Å². The highest BCUT2D eigenvalue weighted by Crippen LogP contribution is 2.14. The van der Waals surface area contributed by atoms with Crippen LogP contribution in [0.15, 0.2) is 54.9 Å². The monoisotopic (exact) mass is 322 g/mol. The minimum atomic E-state index is -0.655. The molecule has 1 atom stereocenters. The zero-order chi connectivity index (χ0) is 17.1. The Morgan fingerprint density at radius 2 is 1.88 bits per heavy atom. The second kappa shape index (κ2) is 6.54. The zero-order valence-electron chi connectivity index (χ0n) is 13.5. The summed E-state index contributed by atoms with van der Waals surface area (Å²) >= 11 is 0.